The average Bonchev–Trinajstić information content (AvgIpc) is 3.04. The van der Waals surface area contributed by atoms with Crippen LogP contribution in [0.15, 0.2) is 39.9 Å². The third-order valence-electron chi connectivity index (χ3n) is 3.62. The molecule has 114 valence electrons. The summed E-state index contributed by atoms with van der Waals surface area (Å²) in [5.74, 6) is 1.64. The van der Waals surface area contributed by atoms with Crippen LogP contribution in [0.25, 0.3) is 0 Å². The second-order valence-corrected chi connectivity index (χ2v) is 4.82. The van der Waals surface area contributed by atoms with E-state index in [0.29, 0.717) is 28.7 Å². The number of aliphatic imine (C=N–C) groups is 1. The molecule has 0 N–H and O–H groups in total. The number of carbonyl (C=O) groups is 1. The van der Waals surface area contributed by atoms with E-state index in [0.717, 1.165) is 5.56 Å². The van der Waals surface area contributed by atoms with Crippen LogP contribution in [0.4, 0.5) is 5.69 Å². The molecule has 0 saturated carbocycles. The van der Waals surface area contributed by atoms with Gasteiger partial charge in [-0.25, -0.2) is 0 Å². The quantitative estimate of drug-likeness (QED) is 0.871. The van der Waals surface area contributed by atoms with Gasteiger partial charge in [0.25, 0.3) is 0 Å². The summed E-state index contributed by atoms with van der Waals surface area (Å²) in [6.45, 7) is 0.0614. The maximum absolute atomic E-state index is 12.2. The monoisotopic (exact) mass is 300 g/mol. The molecule has 1 aliphatic rings. The van der Waals surface area contributed by atoms with Crippen LogP contribution < -0.4 is 14.4 Å². The Bertz CT molecular complexity index is 735. The van der Waals surface area contributed by atoms with Gasteiger partial charge in [-0.05, 0) is 18.2 Å². The standard InChI is InChI=1S/C16H16N2O4/c1-18-11-8-14(21-3)13(20-2)7-10(11)16(17-9-15(18)19)12-5-4-6-22-12/h4-8H,9H2,1-3H3. The van der Waals surface area contributed by atoms with E-state index in [1.54, 1.807) is 44.6 Å². The average molecular weight is 300 g/mol. The summed E-state index contributed by atoms with van der Waals surface area (Å²) in [6, 6.07) is 7.18. The number of benzodiazepines with no additional fused rings is 1. The van der Waals surface area contributed by atoms with E-state index >= 15 is 0 Å². The number of methoxy groups -OCH3 is 2. The predicted octanol–water partition coefficient (Wildman–Crippen LogP) is 2.11. The van der Waals surface area contributed by atoms with Crippen molar-refractivity contribution in [2.75, 3.05) is 32.7 Å². The van der Waals surface area contributed by atoms with Crippen LogP contribution in [0.1, 0.15) is 11.3 Å². The molecular formula is C16H16N2O4. The Kier molecular flexibility index (Phi) is 3.58. The minimum absolute atomic E-state index is 0.0614. The van der Waals surface area contributed by atoms with Crippen molar-refractivity contribution in [1.29, 1.82) is 0 Å². The molecule has 0 fully saturated rings. The summed E-state index contributed by atoms with van der Waals surface area (Å²) in [4.78, 5) is 18.1. The van der Waals surface area contributed by atoms with Crippen LogP contribution >= 0.6 is 0 Å². The highest BCUT2D eigenvalue weighted by Crippen LogP contribution is 2.37. The van der Waals surface area contributed by atoms with Crippen LogP contribution in [-0.4, -0.2) is 39.4 Å². The molecule has 0 radical (unpaired) electrons. The van der Waals surface area contributed by atoms with Gasteiger partial charge in [0.15, 0.2) is 17.3 Å². The molecule has 0 unspecified atom stereocenters. The van der Waals surface area contributed by atoms with Crippen LogP contribution in [0, 0.1) is 0 Å². The Hall–Kier alpha value is -2.76. The number of hydrogen-bond acceptors (Lipinski definition) is 5. The van der Waals surface area contributed by atoms with Gasteiger partial charge in [-0.2, -0.15) is 0 Å². The van der Waals surface area contributed by atoms with Gasteiger partial charge < -0.3 is 18.8 Å². The zero-order chi connectivity index (χ0) is 15.7. The van der Waals surface area contributed by atoms with Crippen molar-refractivity contribution in [3.8, 4) is 11.5 Å². The van der Waals surface area contributed by atoms with Crippen molar-refractivity contribution in [1.82, 2.24) is 0 Å². The van der Waals surface area contributed by atoms with Gasteiger partial charge in [-0.3, -0.25) is 9.79 Å². The molecule has 0 saturated heterocycles. The number of anilines is 1. The maximum Gasteiger partial charge on any atom is 0.248 e. The number of benzene rings is 1. The number of amides is 1. The molecule has 0 aliphatic carbocycles. The highest BCUT2D eigenvalue weighted by molar-refractivity contribution is 6.18. The number of likely N-dealkylation sites (N-methyl/N-ethyl adjacent to an activating group) is 1. The summed E-state index contributed by atoms with van der Waals surface area (Å²) < 4.78 is 16.1. The van der Waals surface area contributed by atoms with E-state index < -0.39 is 0 Å². The zero-order valence-electron chi connectivity index (χ0n) is 12.6. The Morgan fingerprint density at radius 2 is 1.95 bits per heavy atom. The van der Waals surface area contributed by atoms with E-state index in [1.807, 2.05) is 12.1 Å². The van der Waals surface area contributed by atoms with E-state index in [4.69, 9.17) is 13.9 Å². The maximum atomic E-state index is 12.2. The van der Waals surface area contributed by atoms with Crippen molar-refractivity contribution < 1.29 is 18.7 Å². The van der Waals surface area contributed by atoms with E-state index in [-0.39, 0.29) is 12.5 Å². The minimum atomic E-state index is -0.102. The fraction of sp³-hybridized carbons (Fsp3) is 0.250. The van der Waals surface area contributed by atoms with Gasteiger partial charge in [-0.15, -0.1) is 0 Å². The second-order valence-electron chi connectivity index (χ2n) is 4.82. The lowest BCUT2D eigenvalue weighted by Gasteiger charge is -2.20. The first-order valence-electron chi connectivity index (χ1n) is 6.77. The molecule has 2 aromatic rings. The van der Waals surface area contributed by atoms with Crippen molar-refractivity contribution in [2.45, 2.75) is 0 Å². The van der Waals surface area contributed by atoms with Gasteiger partial charge in [0, 0.05) is 18.7 Å². The Balaban J connectivity index is 2.25. The van der Waals surface area contributed by atoms with Gasteiger partial charge in [0.2, 0.25) is 5.91 Å². The molecule has 22 heavy (non-hydrogen) atoms. The minimum Gasteiger partial charge on any atom is -0.493 e. The third kappa shape index (κ3) is 2.22. The van der Waals surface area contributed by atoms with Gasteiger partial charge in [0.05, 0.1) is 26.2 Å². The number of fused-ring (bicyclic) bond motifs is 1. The zero-order valence-corrected chi connectivity index (χ0v) is 12.6. The molecule has 2 heterocycles. The first-order chi connectivity index (χ1) is 10.7. The SMILES string of the molecule is COc1cc2c(cc1OC)N(C)C(=O)CN=C2c1ccco1. The largest absolute Gasteiger partial charge is 0.493 e. The molecule has 1 aromatic carbocycles. The lowest BCUT2D eigenvalue weighted by atomic mass is 10.0. The van der Waals surface area contributed by atoms with Crippen LogP contribution in [-0.2, 0) is 4.79 Å². The Labute approximate surface area is 128 Å². The van der Waals surface area contributed by atoms with Gasteiger partial charge in [-0.1, -0.05) is 0 Å². The fourth-order valence-corrected chi connectivity index (χ4v) is 2.43. The highest BCUT2D eigenvalue weighted by atomic mass is 16.5. The molecule has 1 amide bonds. The lowest BCUT2D eigenvalue weighted by molar-refractivity contribution is -0.116. The number of hydrogen-bond donors (Lipinski definition) is 0. The third-order valence-corrected chi connectivity index (χ3v) is 3.62. The molecular weight excluding hydrogens is 284 g/mol. The van der Waals surface area contributed by atoms with Crippen molar-refractivity contribution in [3.63, 3.8) is 0 Å². The number of furan rings is 1. The molecule has 3 rings (SSSR count). The topological polar surface area (TPSA) is 64.3 Å². The van der Waals surface area contributed by atoms with Crippen molar-refractivity contribution in [3.05, 3.63) is 41.9 Å². The Morgan fingerprint density at radius 3 is 2.59 bits per heavy atom. The number of ether oxygens (including phenoxy) is 2. The molecule has 6 nitrogen and oxygen atoms in total. The smallest absolute Gasteiger partial charge is 0.248 e. The van der Waals surface area contributed by atoms with E-state index in [2.05, 4.69) is 4.99 Å². The molecule has 0 bridgehead atoms. The summed E-state index contributed by atoms with van der Waals surface area (Å²) in [7, 11) is 4.84. The van der Waals surface area contributed by atoms with E-state index in [1.165, 1.54) is 0 Å². The van der Waals surface area contributed by atoms with Crippen molar-refractivity contribution >= 4 is 17.3 Å². The molecule has 1 aromatic heterocycles. The molecule has 6 heteroatoms. The number of carbonyl (C=O) groups excluding carboxylic acids is 1. The number of rotatable bonds is 3. The summed E-state index contributed by atoms with van der Waals surface area (Å²) in [5.41, 5.74) is 2.09. The normalized spacial score (nSPS) is 14.2. The first kappa shape index (κ1) is 14.2. The highest BCUT2D eigenvalue weighted by Gasteiger charge is 2.26. The lowest BCUT2D eigenvalue weighted by Crippen LogP contribution is -2.27. The summed E-state index contributed by atoms with van der Waals surface area (Å²) in [6.07, 6.45) is 1.58. The second kappa shape index (κ2) is 5.55. The van der Waals surface area contributed by atoms with Crippen LogP contribution in [0.3, 0.4) is 0 Å². The number of nitrogens with zero attached hydrogens (tertiary/aromatic N) is 2. The molecule has 0 spiro atoms. The summed E-state index contributed by atoms with van der Waals surface area (Å²) in [5, 5.41) is 0. The Morgan fingerprint density at radius 1 is 1.23 bits per heavy atom. The van der Waals surface area contributed by atoms with Gasteiger partial charge in [0.1, 0.15) is 12.3 Å². The molecule has 0 atom stereocenters. The molecule has 1 aliphatic heterocycles. The predicted molar refractivity (Wildman–Crippen MR) is 82.2 cm³/mol. The van der Waals surface area contributed by atoms with Crippen LogP contribution in [0.2, 0.25) is 0 Å². The van der Waals surface area contributed by atoms with Crippen LogP contribution in [0.5, 0.6) is 11.5 Å². The summed E-state index contributed by atoms with van der Waals surface area (Å²) >= 11 is 0. The first-order valence-corrected chi connectivity index (χ1v) is 6.77. The fourth-order valence-electron chi connectivity index (χ4n) is 2.43. The van der Waals surface area contributed by atoms with Gasteiger partial charge >= 0.3 is 0 Å². The van der Waals surface area contributed by atoms with E-state index in [9.17, 15) is 4.79 Å². The van der Waals surface area contributed by atoms with Crippen molar-refractivity contribution in [2.24, 2.45) is 4.99 Å².